The third-order valence-electron chi connectivity index (χ3n) is 3.67. The quantitative estimate of drug-likeness (QED) is 0.817. The molecule has 2 rings (SSSR count). The van der Waals surface area contributed by atoms with Gasteiger partial charge in [0.15, 0.2) is 0 Å². The second-order valence-corrected chi connectivity index (χ2v) is 6.15. The molecule has 5 heteroatoms. The van der Waals surface area contributed by atoms with Crippen LogP contribution in [0.2, 0.25) is 0 Å². The molecule has 1 aromatic rings. The number of aliphatic hydroxyl groups is 2. The normalized spacial score (nSPS) is 20.7. The zero-order chi connectivity index (χ0) is 17.0. The number of likely N-dealkylation sites (N-methyl/N-ethyl adjacent to an activating group) is 1. The highest BCUT2D eigenvalue weighted by Gasteiger charge is 2.33. The number of amides is 1. The molecule has 1 aliphatic heterocycles. The molecule has 23 heavy (non-hydrogen) atoms. The Morgan fingerprint density at radius 1 is 1.35 bits per heavy atom. The highest BCUT2D eigenvalue weighted by Crippen LogP contribution is 2.17. The average Bonchev–Trinajstić information content (AvgIpc) is 2.92. The van der Waals surface area contributed by atoms with E-state index in [2.05, 4.69) is 11.8 Å². The van der Waals surface area contributed by atoms with Crippen molar-refractivity contribution in [2.45, 2.75) is 38.5 Å². The van der Waals surface area contributed by atoms with Crippen LogP contribution in [0.3, 0.4) is 0 Å². The van der Waals surface area contributed by atoms with E-state index in [-0.39, 0.29) is 18.6 Å². The number of rotatable bonds is 3. The topological polar surface area (TPSA) is 70.0 Å². The highest BCUT2D eigenvalue weighted by molar-refractivity contribution is 5.94. The average molecular weight is 317 g/mol. The minimum absolute atomic E-state index is 0.135. The Balaban J connectivity index is 2.14. The van der Waals surface area contributed by atoms with Gasteiger partial charge in [0, 0.05) is 17.7 Å². The van der Waals surface area contributed by atoms with E-state index in [1.807, 2.05) is 6.92 Å². The highest BCUT2D eigenvalue weighted by atomic mass is 16.5. The molecule has 1 amide bonds. The maximum absolute atomic E-state index is 12.6. The Kier molecular flexibility index (Phi) is 5.42. The first-order valence-electron chi connectivity index (χ1n) is 7.74. The van der Waals surface area contributed by atoms with Crippen molar-refractivity contribution in [2.75, 3.05) is 19.8 Å². The van der Waals surface area contributed by atoms with Crippen LogP contribution in [0.5, 0.6) is 0 Å². The molecule has 0 spiro atoms. The molecule has 1 saturated heterocycles. The summed E-state index contributed by atoms with van der Waals surface area (Å²) < 4.78 is 5.24. The molecule has 0 aromatic heterocycles. The standard InChI is InChI=1S/C18H23NO4/c1-4-19(15-11-23-12-16(15)20)17(21)14-7-5-13(6-8-14)9-10-18(2,3)22/h5-8,15-16,20,22H,4,11-12H2,1-3H3/t15-,16-/m0/s1. The van der Waals surface area contributed by atoms with Crippen molar-refractivity contribution < 1.29 is 19.7 Å². The van der Waals surface area contributed by atoms with Gasteiger partial charge in [0.1, 0.15) is 5.60 Å². The lowest BCUT2D eigenvalue weighted by Gasteiger charge is -2.28. The van der Waals surface area contributed by atoms with Gasteiger partial charge in [-0.1, -0.05) is 11.8 Å². The summed E-state index contributed by atoms with van der Waals surface area (Å²) in [5, 5.41) is 19.5. The number of carbonyl (C=O) groups is 1. The Hall–Kier alpha value is -1.87. The first-order chi connectivity index (χ1) is 10.8. The van der Waals surface area contributed by atoms with Crippen molar-refractivity contribution in [3.63, 3.8) is 0 Å². The van der Waals surface area contributed by atoms with Crippen molar-refractivity contribution in [1.82, 2.24) is 4.90 Å². The molecule has 0 saturated carbocycles. The first kappa shape index (κ1) is 17.5. The van der Waals surface area contributed by atoms with Gasteiger partial charge in [-0.25, -0.2) is 0 Å². The molecule has 5 nitrogen and oxygen atoms in total. The van der Waals surface area contributed by atoms with E-state index in [0.29, 0.717) is 18.7 Å². The Labute approximate surface area is 136 Å². The lowest BCUT2D eigenvalue weighted by Crippen LogP contribution is -2.46. The van der Waals surface area contributed by atoms with E-state index >= 15 is 0 Å². The molecular weight excluding hydrogens is 294 g/mol. The van der Waals surface area contributed by atoms with Crippen molar-refractivity contribution in [1.29, 1.82) is 0 Å². The van der Waals surface area contributed by atoms with Crippen LogP contribution in [0.1, 0.15) is 36.7 Å². The lowest BCUT2D eigenvalue weighted by molar-refractivity contribution is 0.0520. The minimum Gasteiger partial charge on any atom is -0.388 e. The fourth-order valence-corrected chi connectivity index (χ4v) is 2.45. The monoisotopic (exact) mass is 317 g/mol. The van der Waals surface area contributed by atoms with Gasteiger partial charge in [0.2, 0.25) is 0 Å². The Bertz CT molecular complexity index is 607. The van der Waals surface area contributed by atoms with Crippen LogP contribution < -0.4 is 0 Å². The van der Waals surface area contributed by atoms with Gasteiger partial charge in [-0.2, -0.15) is 0 Å². The summed E-state index contributed by atoms with van der Waals surface area (Å²) >= 11 is 0. The van der Waals surface area contributed by atoms with E-state index in [1.165, 1.54) is 0 Å². The molecule has 0 bridgehead atoms. The van der Waals surface area contributed by atoms with Gasteiger partial charge in [0.25, 0.3) is 5.91 Å². The minimum atomic E-state index is -1.05. The molecule has 1 aromatic carbocycles. The van der Waals surface area contributed by atoms with Crippen molar-refractivity contribution in [3.8, 4) is 11.8 Å². The van der Waals surface area contributed by atoms with Crippen molar-refractivity contribution in [3.05, 3.63) is 35.4 Å². The number of hydrogen-bond donors (Lipinski definition) is 2. The molecule has 2 N–H and O–H groups in total. The van der Waals surface area contributed by atoms with Crippen LogP contribution in [0.15, 0.2) is 24.3 Å². The SMILES string of the molecule is CCN(C(=O)c1ccc(C#CC(C)(C)O)cc1)[C@H]1COC[C@@H]1O. The van der Waals surface area contributed by atoms with E-state index in [1.54, 1.807) is 43.0 Å². The zero-order valence-electron chi connectivity index (χ0n) is 13.7. The van der Waals surface area contributed by atoms with Crippen molar-refractivity contribution >= 4 is 5.91 Å². The number of aliphatic hydroxyl groups excluding tert-OH is 1. The fraction of sp³-hybridized carbons (Fsp3) is 0.500. The Morgan fingerprint density at radius 2 is 2.00 bits per heavy atom. The number of ether oxygens (including phenoxy) is 1. The van der Waals surface area contributed by atoms with Crippen LogP contribution >= 0.6 is 0 Å². The predicted molar refractivity (Wildman–Crippen MR) is 86.9 cm³/mol. The summed E-state index contributed by atoms with van der Waals surface area (Å²) in [5.74, 6) is 5.47. The van der Waals surface area contributed by atoms with Crippen LogP contribution in [0, 0.1) is 11.8 Å². The van der Waals surface area contributed by atoms with E-state index < -0.39 is 11.7 Å². The van der Waals surface area contributed by atoms with E-state index in [0.717, 1.165) is 5.56 Å². The van der Waals surface area contributed by atoms with E-state index in [4.69, 9.17) is 4.74 Å². The van der Waals surface area contributed by atoms with E-state index in [9.17, 15) is 15.0 Å². The summed E-state index contributed by atoms with van der Waals surface area (Å²) in [6, 6.07) is 6.62. The van der Waals surface area contributed by atoms with Crippen LogP contribution in [0.25, 0.3) is 0 Å². The van der Waals surface area contributed by atoms with Gasteiger partial charge in [0.05, 0.1) is 25.4 Å². The summed E-state index contributed by atoms with van der Waals surface area (Å²) in [7, 11) is 0. The fourth-order valence-electron chi connectivity index (χ4n) is 2.45. The number of nitrogens with zero attached hydrogens (tertiary/aromatic N) is 1. The van der Waals surface area contributed by atoms with Gasteiger partial charge < -0.3 is 19.8 Å². The maximum atomic E-state index is 12.6. The smallest absolute Gasteiger partial charge is 0.254 e. The summed E-state index contributed by atoms with van der Waals surface area (Å²) in [6.45, 7) is 6.24. The van der Waals surface area contributed by atoms with Crippen LogP contribution in [0.4, 0.5) is 0 Å². The lowest BCUT2D eigenvalue weighted by atomic mass is 10.1. The predicted octanol–water partition coefficient (Wildman–Crippen LogP) is 1.03. The zero-order valence-corrected chi connectivity index (χ0v) is 13.7. The molecule has 2 atom stereocenters. The molecule has 124 valence electrons. The summed E-state index contributed by atoms with van der Waals surface area (Å²) in [6.07, 6.45) is -0.643. The van der Waals surface area contributed by atoms with Gasteiger partial charge in [-0.15, -0.1) is 0 Å². The van der Waals surface area contributed by atoms with Crippen LogP contribution in [-0.4, -0.2) is 58.5 Å². The van der Waals surface area contributed by atoms with Gasteiger partial charge in [-0.05, 0) is 45.0 Å². The number of benzene rings is 1. The van der Waals surface area contributed by atoms with Gasteiger partial charge in [-0.3, -0.25) is 4.79 Å². The second kappa shape index (κ2) is 7.14. The second-order valence-electron chi connectivity index (χ2n) is 6.15. The van der Waals surface area contributed by atoms with Crippen molar-refractivity contribution in [2.24, 2.45) is 0 Å². The first-order valence-corrected chi connectivity index (χ1v) is 7.74. The molecule has 1 fully saturated rings. The Morgan fingerprint density at radius 3 is 2.48 bits per heavy atom. The summed E-state index contributed by atoms with van der Waals surface area (Å²) in [5.41, 5.74) is 0.224. The molecule has 0 radical (unpaired) electrons. The van der Waals surface area contributed by atoms with Crippen LogP contribution in [-0.2, 0) is 4.74 Å². The number of carbonyl (C=O) groups excluding carboxylic acids is 1. The summed E-state index contributed by atoms with van der Waals surface area (Å²) in [4.78, 5) is 14.3. The molecule has 1 aliphatic rings. The largest absolute Gasteiger partial charge is 0.388 e. The third kappa shape index (κ3) is 4.55. The van der Waals surface area contributed by atoms with Gasteiger partial charge >= 0.3 is 0 Å². The molecule has 0 aliphatic carbocycles. The molecular formula is C18H23NO4. The maximum Gasteiger partial charge on any atom is 0.254 e. The molecule has 1 heterocycles. The molecule has 0 unspecified atom stereocenters. The third-order valence-corrected chi connectivity index (χ3v) is 3.67. The number of hydrogen-bond acceptors (Lipinski definition) is 4.